The molecule has 0 fully saturated rings. The van der Waals surface area contributed by atoms with Gasteiger partial charge in [0.05, 0.1) is 5.92 Å². The van der Waals surface area contributed by atoms with Crippen molar-refractivity contribution in [3.63, 3.8) is 0 Å². The van der Waals surface area contributed by atoms with Crippen molar-refractivity contribution in [1.82, 2.24) is 4.98 Å². The van der Waals surface area contributed by atoms with E-state index in [1.54, 1.807) is 0 Å². The number of benzene rings is 3. The van der Waals surface area contributed by atoms with Gasteiger partial charge in [-0.25, -0.2) is 0 Å². The van der Waals surface area contributed by atoms with Crippen LogP contribution < -0.4 is 4.74 Å². The van der Waals surface area contributed by atoms with Crippen molar-refractivity contribution in [1.29, 1.82) is 0 Å². The number of H-pyrrole nitrogens is 1. The Morgan fingerprint density at radius 3 is 2.60 bits per heavy atom. The van der Waals surface area contributed by atoms with E-state index in [1.165, 1.54) is 5.56 Å². The third kappa shape index (κ3) is 4.39. The highest BCUT2D eigenvalue weighted by atomic mass is 79.9. The van der Waals surface area contributed by atoms with Crippen molar-refractivity contribution < 1.29 is 9.66 Å². The zero-order valence-electron chi connectivity index (χ0n) is 16.5. The van der Waals surface area contributed by atoms with Gasteiger partial charge in [-0.2, -0.15) is 0 Å². The van der Waals surface area contributed by atoms with E-state index in [4.69, 9.17) is 4.74 Å². The first-order chi connectivity index (χ1) is 14.5. The third-order valence-corrected chi connectivity index (χ3v) is 5.68. The molecular formula is C24H21BrN2O3. The number of rotatable bonds is 7. The van der Waals surface area contributed by atoms with E-state index < -0.39 is 5.92 Å². The fourth-order valence-electron chi connectivity index (χ4n) is 3.66. The maximum atomic E-state index is 11.6. The van der Waals surface area contributed by atoms with Crippen LogP contribution >= 0.6 is 15.9 Å². The first kappa shape index (κ1) is 20.2. The van der Waals surface area contributed by atoms with Gasteiger partial charge < -0.3 is 9.72 Å². The SMILES string of the molecule is Cc1ccc(COc2ccc(Br)cc2[C@@H](C[N+](=O)[O-])c2c[nH]c3ccccc23)cc1. The van der Waals surface area contributed by atoms with Crippen LogP contribution in [0.3, 0.4) is 0 Å². The van der Waals surface area contributed by atoms with Crippen molar-refractivity contribution >= 4 is 26.8 Å². The number of halogens is 1. The maximum absolute atomic E-state index is 11.6. The minimum Gasteiger partial charge on any atom is -0.489 e. The zero-order chi connectivity index (χ0) is 21.1. The van der Waals surface area contributed by atoms with E-state index in [-0.39, 0.29) is 11.5 Å². The van der Waals surface area contributed by atoms with E-state index in [0.717, 1.165) is 32.1 Å². The van der Waals surface area contributed by atoms with Crippen molar-refractivity contribution in [3.8, 4) is 5.75 Å². The van der Waals surface area contributed by atoms with Crippen LogP contribution in [0.5, 0.6) is 5.75 Å². The summed E-state index contributed by atoms with van der Waals surface area (Å²) >= 11 is 3.51. The number of hydrogen-bond acceptors (Lipinski definition) is 3. The molecule has 5 nitrogen and oxygen atoms in total. The molecule has 0 aliphatic carbocycles. The first-order valence-corrected chi connectivity index (χ1v) is 10.5. The highest BCUT2D eigenvalue weighted by molar-refractivity contribution is 9.10. The van der Waals surface area contributed by atoms with Crippen LogP contribution in [0.4, 0.5) is 0 Å². The van der Waals surface area contributed by atoms with Gasteiger partial charge in [-0.1, -0.05) is 64.0 Å². The van der Waals surface area contributed by atoms with Crippen LogP contribution in [0.25, 0.3) is 10.9 Å². The average molecular weight is 465 g/mol. The summed E-state index contributed by atoms with van der Waals surface area (Å²) in [6.45, 7) is 2.22. The third-order valence-electron chi connectivity index (χ3n) is 5.19. The van der Waals surface area contributed by atoms with Crippen molar-refractivity contribution in [2.45, 2.75) is 19.4 Å². The molecule has 0 amide bonds. The predicted molar refractivity (Wildman–Crippen MR) is 122 cm³/mol. The quantitative estimate of drug-likeness (QED) is 0.260. The number of nitrogens with zero attached hydrogens (tertiary/aromatic N) is 1. The second-order valence-electron chi connectivity index (χ2n) is 7.31. The first-order valence-electron chi connectivity index (χ1n) is 9.67. The molecule has 0 aliphatic rings. The second kappa shape index (κ2) is 8.71. The molecule has 3 aromatic carbocycles. The van der Waals surface area contributed by atoms with Gasteiger partial charge in [-0.15, -0.1) is 0 Å². The van der Waals surface area contributed by atoms with Crippen LogP contribution in [-0.2, 0) is 6.61 Å². The molecule has 0 aliphatic heterocycles. The molecule has 0 saturated heterocycles. The Kier molecular flexibility index (Phi) is 5.86. The van der Waals surface area contributed by atoms with Crippen LogP contribution in [0, 0.1) is 17.0 Å². The summed E-state index contributed by atoms with van der Waals surface area (Å²) in [7, 11) is 0. The summed E-state index contributed by atoms with van der Waals surface area (Å²) in [4.78, 5) is 14.5. The summed E-state index contributed by atoms with van der Waals surface area (Å²) in [5, 5.41) is 12.5. The molecule has 4 aromatic rings. The van der Waals surface area contributed by atoms with E-state index in [9.17, 15) is 10.1 Å². The summed E-state index contributed by atoms with van der Waals surface area (Å²) in [5.74, 6) is 0.206. The topological polar surface area (TPSA) is 68.2 Å². The van der Waals surface area contributed by atoms with Crippen LogP contribution in [0.15, 0.2) is 77.4 Å². The molecule has 0 radical (unpaired) electrons. The van der Waals surface area contributed by atoms with Gasteiger partial charge in [0.2, 0.25) is 6.54 Å². The molecule has 0 unspecified atom stereocenters. The highest BCUT2D eigenvalue weighted by Crippen LogP contribution is 2.37. The molecule has 1 aromatic heterocycles. The molecule has 30 heavy (non-hydrogen) atoms. The number of aryl methyl sites for hydroxylation is 1. The van der Waals surface area contributed by atoms with Crippen LogP contribution in [-0.4, -0.2) is 16.5 Å². The van der Waals surface area contributed by atoms with Gasteiger partial charge in [0.1, 0.15) is 12.4 Å². The number of aromatic nitrogens is 1. The molecule has 0 saturated carbocycles. The normalized spacial score (nSPS) is 12.1. The van der Waals surface area contributed by atoms with E-state index in [1.807, 2.05) is 79.9 Å². The fourth-order valence-corrected chi connectivity index (χ4v) is 4.04. The molecule has 0 spiro atoms. The summed E-state index contributed by atoms with van der Waals surface area (Å²) in [6, 6.07) is 21.7. The minimum absolute atomic E-state index is 0.223. The number of ether oxygens (including phenoxy) is 1. The lowest BCUT2D eigenvalue weighted by atomic mass is 9.90. The van der Waals surface area contributed by atoms with Gasteiger partial charge in [0.25, 0.3) is 0 Å². The predicted octanol–water partition coefficient (Wildman–Crippen LogP) is 6.23. The van der Waals surface area contributed by atoms with E-state index in [0.29, 0.717) is 12.4 Å². The second-order valence-corrected chi connectivity index (χ2v) is 8.23. The Balaban J connectivity index is 1.73. The lowest BCUT2D eigenvalue weighted by Gasteiger charge is -2.18. The summed E-state index contributed by atoms with van der Waals surface area (Å²) in [5.41, 5.74) is 4.87. The Hall–Kier alpha value is -3.12. The molecule has 1 N–H and O–H groups in total. The molecule has 6 heteroatoms. The van der Waals surface area contributed by atoms with Gasteiger partial charge >= 0.3 is 0 Å². The Morgan fingerprint density at radius 2 is 1.83 bits per heavy atom. The molecule has 1 atom stereocenters. The highest BCUT2D eigenvalue weighted by Gasteiger charge is 2.26. The number of fused-ring (bicyclic) bond motifs is 1. The largest absolute Gasteiger partial charge is 0.489 e. The van der Waals surface area contributed by atoms with Crippen molar-refractivity contribution in [2.24, 2.45) is 0 Å². The smallest absolute Gasteiger partial charge is 0.214 e. The fraction of sp³-hybridized carbons (Fsp3) is 0.167. The number of aromatic amines is 1. The van der Waals surface area contributed by atoms with E-state index in [2.05, 4.69) is 20.9 Å². The monoisotopic (exact) mass is 464 g/mol. The number of para-hydroxylation sites is 1. The van der Waals surface area contributed by atoms with Gasteiger partial charge in [0, 0.05) is 32.1 Å². The van der Waals surface area contributed by atoms with Gasteiger partial charge in [-0.05, 0) is 42.3 Å². The van der Waals surface area contributed by atoms with Crippen molar-refractivity contribution in [2.75, 3.05) is 6.54 Å². The summed E-state index contributed by atoms with van der Waals surface area (Å²) in [6.07, 6.45) is 1.86. The maximum Gasteiger partial charge on any atom is 0.214 e. The molecule has 0 bridgehead atoms. The van der Waals surface area contributed by atoms with Gasteiger partial charge in [0.15, 0.2) is 0 Å². The number of nitrogens with one attached hydrogen (secondary N) is 1. The molecule has 1 heterocycles. The average Bonchev–Trinajstić information content (AvgIpc) is 3.16. The van der Waals surface area contributed by atoms with E-state index >= 15 is 0 Å². The summed E-state index contributed by atoms with van der Waals surface area (Å²) < 4.78 is 6.99. The molecular weight excluding hydrogens is 444 g/mol. The lowest BCUT2D eigenvalue weighted by Crippen LogP contribution is -2.15. The molecule has 152 valence electrons. The Labute approximate surface area is 183 Å². The standard InChI is InChI=1S/C24H21BrN2O3/c1-16-6-8-17(9-7-16)15-30-24-11-10-18(25)12-20(24)22(14-27(28)29)21-13-26-23-5-3-2-4-19(21)23/h2-13,22,26H,14-15H2,1H3/t22-/m1/s1. The van der Waals surface area contributed by atoms with Crippen molar-refractivity contribution in [3.05, 3.63) is 110 Å². The Bertz CT molecular complexity index is 1180. The van der Waals surface area contributed by atoms with Gasteiger partial charge in [-0.3, -0.25) is 10.1 Å². The number of hydrogen-bond donors (Lipinski definition) is 1. The van der Waals surface area contributed by atoms with Crippen LogP contribution in [0.2, 0.25) is 0 Å². The zero-order valence-corrected chi connectivity index (χ0v) is 18.1. The minimum atomic E-state index is -0.443. The lowest BCUT2D eigenvalue weighted by molar-refractivity contribution is -0.481. The molecule has 4 rings (SSSR count). The van der Waals surface area contributed by atoms with Crippen LogP contribution in [0.1, 0.15) is 28.2 Å². The number of nitro groups is 1. The Morgan fingerprint density at radius 1 is 1.07 bits per heavy atom.